The van der Waals surface area contributed by atoms with Crippen molar-refractivity contribution in [2.45, 2.75) is 26.6 Å². The predicted molar refractivity (Wildman–Crippen MR) is 77.6 cm³/mol. The molecule has 0 aliphatic heterocycles. The quantitative estimate of drug-likeness (QED) is 0.904. The van der Waals surface area contributed by atoms with Crippen molar-refractivity contribution in [3.63, 3.8) is 0 Å². The number of benzene rings is 2. The molecule has 2 nitrogen and oxygen atoms in total. The Hall–Kier alpha value is -1.58. The molecule has 20 heavy (non-hydrogen) atoms. The first kappa shape index (κ1) is 14.8. The van der Waals surface area contributed by atoms with Crippen molar-refractivity contribution in [1.82, 2.24) is 0 Å². The van der Waals surface area contributed by atoms with Crippen LogP contribution in [0, 0.1) is 12.7 Å². The number of aliphatic hydroxyl groups excluding tert-OH is 1. The maximum Gasteiger partial charge on any atom is 0.131 e. The first-order valence-electron chi connectivity index (χ1n) is 6.32. The minimum atomic E-state index is -0.517. The predicted octanol–water partition coefficient (Wildman–Crippen LogP) is 4.42. The van der Waals surface area contributed by atoms with Gasteiger partial charge in [-0.2, -0.15) is 0 Å². The highest BCUT2D eigenvalue weighted by Crippen LogP contribution is 2.24. The Bertz CT molecular complexity index is 611. The first-order valence-corrected chi connectivity index (χ1v) is 6.70. The molecule has 1 unspecified atom stereocenters. The van der Waals surface area contributed by atoms with Gasteiger partial charge in [0.1, 0.15) is 18.2 Å². The van der Waals surface area contributed by atoms with E-state index in [9.17, 15) is 9.50 Å². The highest BCUT2D eigenvalue weighted by Gasteiger charge is 2.07. The van der Waals surface area contributed by atoms with E-state index in [-0.39, 0.29) is 12.4 Å². The summed E-state index contributed by atoms with van der Waals surface area (Å²) in [6.07, 6.45) is -0.517. The van der Waals surface area contributed by atoms with E-state index in [1.807, 2.05) is 13.0 Å². The van der Waals surface area contributed by atoms with Gasteiger partial charge in [-0.3, -0.25) is 0 Å². The monoisotopic (exact) mass is 294 g/mol. The molecular weight excluding hydrogens is 279 g/mol. The zero-order chi connectivity index (χ0) is 14.7. The summed E-state index contributed by atoms with van der Waals surface area (Å²) in [4.78, 5) is 0. The van der Waals surface area contributed by atoms with Gasteiger partial charge >= 0.3 is 0 Å². The van der Waals surface area contributed by atoms with Gasteiger partial charge in [-0.05, 0) is 49.2 Å². The average molecular weight is 295 g/mol. The standard InChI is InChI=1S/C16H16ClFO2/c1-10-7-12(11(2)19)4-6-16(10)20-9-13-3-5-14(17)8-15(13)18/h3-8,11,19H,9H2,1-2H3. The highest BCUT2D eigenvalue weighted by molar-refractivity contribution is 6.30. The van der Waals surface area contributed by atoms with E-state index in [0.29, 0.717) is 16.3 Å². The van der Waals surface area contributed by atoms with Gasteiger partial charge in [-0.15, -0.1) is 0 Å². The normalized spacial score (nSPS) is 12.2. The van der Waals surface area contributed by atoms with Crippen molar-refractivity contribution in [2.24, 2.45) is 0 Å². The van der Waals surface area contributed by atoms with E-state index in [0.717, 1.165) is 11.1 Å². The molecule has 1 N–H and O–H groups in total. The van der Waals surface area contributed by atoms with Crippen LogP contribution in [-0.2, 0) is 6.61 Å². The van der Waals surface area contributed by atoms with Gasteiger partial charge in [0.15, 0.2) is 0 Å². The van der Waals surface area contributed by atoms with Gasteiger partial charge in [-0.1, -0.05) is 23.7 Å². The molecule has 0 amide bonds. The second kappa shape index (κ2) is 6.25. The molecule has 2 rings (SSSR count). The Labute approximate surface area is 122 Å². The maximum absolute atomic E-state index is 13.6. The van der Waals surface area contributed by atoms with Gasteiger partial charge in [0, 0.05) is 10.6 Å². The molecule has 0 bridgehead atoms. The summed E-state index contributed by atoms with van der Waals surface area (Å²) >= 11 is 5.70. The fourth-order valence-electron chi connectivity index (χ4n) is 1.89. The summed E-state index contributed by atoms with van der Waals surface area (Å²) in [5.41, 5.74) is 2.18. The Morgan fingerprint density at radius 2 is 2.00 bits per heavy atom. The van der Waals surface area contributed by atoms with Gasteiger partial charge in [0.05, 0.1) is 6.10 Å². The van der Waals surface area contributed by atoms with Crippen LogP contribution < -0.4 is 4.74 Å². The fraction of sp³-hybridized carbons (Fsp3) is 0.250. The van der Waals surface area contributed by atoms with Gasteiger partial charge in [-0.25, -0.2) is 4.39 Å². The van der Waals surface area contributed by atoms with E-state index >= 15 is 0 Å². The maximum atomic E-state index is 13.6. The molecule has 1 atom stereocenters. The average Bonchev–Trinajstić information content (AvgIpc) is 2.38. The van der Waals surface area contributed by atoms with E-state index in [2.05, 4.69) is 0 Å². The molecule has 0 heterocycles. The molecule has 0 aliphatic carbocycles. The lowest BCUT2D eigenvalue weighted by Crippen LogP contribution is -2.00. The number of rotatable bonds is 4. The van der Waals surface area contributed by atoms with Crippen molar-refractivity contribution in [2.75, 3.05) is 0 Å². The van der Waals surface area contributed by atoms with Gasteiger partial charge in [0.2, 0.25) is 0 Å². The number of aryl methyl sites for hydroxylation is 1. The van der Waals surface area contributed by atoms with Crippen molar-refractivity contribution < 1.29 is 14.2 Å². The smallest absolute Gasteiger partial charge is 0.131 e. The summed E-state index contributed by atoms with van der Waals surface area (Å²) in [7, 11) is 0. The van der Waals surface area contributed by atoms with Crippen LogP contribution in [0.2, 0.25) is 5.02 Å². The van der Waals surface area contributed by atoms with Gasteiger partial charge in [0.25, 0.3) is 0 Å². The van der Waals surface area contributed by atoms with Crippen LogP contribution >= 0.6 is 11.6 Å². The molecule has 0 saturated carbocycles. The molecule has 4 heteroatoms. The van der Waals surface area contributed by atoms with Crippen LogP contribution in [0.15, 0.2) is 36.4 Å². The van der Waals surface area contributed by atoms with Gasteiger partial charge < -0.3 is 9.84 Å². The van der Waals surface area contributed by atoms with Crippen LogP contribution in [0.1, 0.15) is 29.7 Å². The van der Waals surface area contributed by atoms with Crippen LogP contribution in [0.3, 0.4) is 0 Å². The van der Waals surface area contributed by atoms with E-state index in [4.69, 9.17) is 16.3 Å². The lowest BCUT2D eigenvalue weighted by molar-refractivity contribution is 0.199. The fourth-order valence-corrected chi connectivity index (χ4v) is 2.05. The first-order chi connectivity index (χ1) is 9.47. The third kappa shape index (κ3) is 3.50. The summed E-state index contributed by atoms with van der Waals surface area (Å²) in [5.74, 6) is 0.291. The second-order valence-corrected chi connectivity index (χ2v) is 5.16. The van der Waals surface area contributed by atoms with E-state index in [1.54, 1.807) is 31.2 Å². The highest BCUT2D eigenvalue weighted by atomic mass is 35.5. The van der Waals surface area contributed by atoms with Crippen LogP contribution in [-0.4, -0.2) is 5.11 Å². The Kier molecular flexibility index (Phi) is 4.63. The third-order valence-electron chi connectivity index (χ3n) is 3.08. The lowest BCUT2D eigenvalue weighted by Gasteiger charge is -2.12. The zero-order valence-electron chi connectivity index (χ0n) is 11.4. The molecule has 2 aromatic rings. The minimum Gasteiger partial charge on any atom is -0.489 e. The Morgan fingerprint density at radius 1 is 1.25 bits per heavy atom. The molecule has 0 aromatic heterocycles. The molecule has 106 valence electrons. The molecule has 0 spiro atoms. The molecular formula is C16H16ClFO2. The van der Waals surface area contributed by atoms with Crippen LogP contribution in [0.4, 0.5) is 4.39 Å². The van der Waals surface area contributed by atoms with Crippen molar-refractivity contribution >= 4 is 11.6 Å². The molecule has 0 saturated heterocycles. The molecule has 0 fully saturated rings. The second-order valence-electron chi connectivity index (χ2n) is 4.73. The van der Waals surface area contributed by atoms with E-state index in [1.165, 1.54) is 6.07 Å². The SMILES string of the molecule is Cc1cc(C(C)O)ccc1OCc1ccc(Cl)cc1F. The van der Waals surface area contributed by atoms with Crippen LogP contribution in [0.5, 0.6) is 5.75 Å². The summed E-state index contributed by atoms with van der Waals surface area (Å²) < 4.78 is 19.2. The summed E-state index contributed by atoms with van der Waals surface area (Å²) in [5, 5.41) is 9.87. The summed E-state index contributed by atoms with van der Waals surface area (Å²) in [6, 6.07) is 9.95. The number of ether oxygens (including phenoxy) is 1. The van der Waals surface area contributed by atoms with Crippen LogP contribution in [0.25, 0.3) is 0 Å². The lowest BCUT2D eigenvalue weighted by atomic mass is 10.1. The zero-order valence-corrected chi connectivity index (χ0v) is 12.1. The Balaban J connectivity index is 2.11. The summed E-state index contributed by atoms with van der Waals surface area (Å²) in [6.45, 7) is 3.73. The number of aliphatic hydroxyl groups is 1. The minimum absolute atomic E-state index is 0.137. The third-order valence-corrected chi connectivity index (χ3v) is 3.31. The van der Waals surface area contributed by atoms with Crippen molar-refractivity contribution in [1.29, 1.82) is 0 Å². The largest absolute Gasteiger partial charge is 0.489 e. The molecule has 0 aliphatic rings. The van der Waals surface area contributed by atoms with E-state index < -0.39 is 6.10 Å². The number of hydrogen-bond donors (Lipinski definition) is 1. The molecule has 2 aromatic carbocycles. The number of halogens is 2. The van der Waals surface area contributed by atoms with Crippen molar-refractivity contribution in [3.05, 3.63) is 63.9 Å². The topological polar surface area (TPSA) is 29.5 Å². The van der Waals surface area contributed by atoms with Crippen molar-refractivity contribution in [3.8, 4) is 5.75 Å². The molecule has 0 radical (unpaired) electrons. The Morgan fingerprint density at radius 3 is 2.60 bits per heavy atom. The number of hydrogen-bond acceptors (Lipinski definition) is 2.